The fourth-order valence-electron chi connectivity index (χ4n) is 6.19. The Bertz CT molecular complexity index is 3100. The van der Waals surface area contributed by atoms with E-state index >= 15 is 0 Å². The van der Waals surface area contributed by atoms with Gasteiger partial charge in [-0.1, -0.05) is 78.9 Å². The number of aromatic amines is 3. The summed E-state index contributed by atoms with van der Waals surface area (Å²) in [6, 6.07) is 24.0. The molecule has 1 aliphatic heterocycles. The smallest absolute Gasteiger partial charge is 0.744 e. The van der Waals surface area contributed by atoms with Crippen molar-refractivity contribution in [1.29, 1.82) is 0 Å². The van der Waals surface area contributed by atoms with E-state index in [9.17, 15) is 25.9 Å². The van der Waals surface area contributed by atoms with E-state index in [2.05, 4.69) is 19.9 Å². The first-order chi connectivity index (χ1) is 23.0. The summed E-state index contributed by atoms with van der Waals surface area (Å²) in [5.41, 5.74) is 2.63. The molecule has 4 aromatic heterocycles. The van der Waals surface area contributed by atoms with Crippen molar-refractivity contribution >= 4 is 86.4 Å². The van der Waals surface area contributed by atoms with Gasteiger partial charge in [-0.3, -0.25) is 0 Å². The summed E-state index contributed by atoms with van der Waals surface area (Å²) in [5.74, 6) is 0.508. The molecule has 0 amide bonds. The van der Waals surface area contributed by atoms with Gasteiger partial charge in [-0.15, -0.1) is 22.6 Å². The van der Waals surface area contributed by atoms with Gasteiger partial charge >= 0.3 is 33.8 Å². The number of nitrogens with one attached hydrogen (secondary N) is 3. The molecule has 0 aliphatic carbocycles. The van der Waals surface area contributed by atoms with Crippen LogP contribution in [0.2, 0.25) is 0 Å². The van der Waals surface area contributed by atoms with Gasteiger partial charge in [0.25, 0.3) is 0 Å². The Hall–Kier alpha value is -4.91. The van der Waals surface area contributed by atoms with Crippen molar-refractivity contribution in [1.82, 2.24) is 39.9 Å². The first kappa shape index (κ1) is 33.6. The molecule has 0 saturated carbocycles. The Kier molecular flexibility index (Phi) is 7.96. The molecule has 1 aliphatic rings. The van der Waals surface area contributed by atoms with Gasteiger partial charge in [-0.2, -0.15) is 0 Å². The van der Waals surface area contributed by atoms with Crippen LogP contribution < -0.4 is 15.0 Å². The Labute approximate surface area is 302 Å². The van der Waals surface area contributed by atoms with E-state index in [0.29, 0.717) is 44.7 Å². The summed E-state index contributed by atoms with van der Waals surface area (Å²) in [7, 11) is -11.0. The Balaban J connectivity index is 0.00000196. The molecule has 0 spiro atoms. The van der Waals surface area contributed by atoms with E-state index < -0.39 is 35.4 Å². The maximum Gasteiger partial charge on any atom is 3.00 e. The minimum Gasteiger partial charge on any atom is -0.744 e. The molecule has 8 aromatic rings. The molecule has 4 aromatic carbocycles. The van der Waals surface area contributed by atoms with Crippen molar-refractivity contribution in [3.63, 3.8) is 0 Å². The minimum absolute atomic E-state index is 0. The zero-order valence-corrected chi connectivity index (χ0v) is 28.6. The van der Waals surface area contributed by atoms with Crippen LogP contribution in [0.4, 0.5) is 0 Å². The van der Waals surface area contributed by atoms with Crippen LogP contribution in [0.25, 0.3) is 89.0 Å². The molecular formula is C32H17CoFeN8O6S2. The van der Waals surface area contributed by atoms with Crippen LogP contribution in [-0.4, -0.2) is 50.9 Å². The molecule has 250 valence electrons. The molecule has 50 heavy (non-hydrogen) atoms. The number of benzene rings is 4. The predicted molar refractivity (Wildman–Crippen MR) is 175 cm³/mol. The second kappa shape index (κ2) is 11.9. The van der Waals surface area contributed by atoms with Crippen LogP contribution >= 0.6 is 0 Å². The van der Waals surface area contributed by atoms with Crippen LogP contribution in [0.5, 0.6) is 0 Å². The van der Waals surface area contributed by atoms with Crippen LogP contribution in [-0.2, 0) is 54.1 Å². The summed E-state index contributed by atoms with van der Waals surface area (Å²) >= 11 is 0. The minimum atomic E-state index is -5.55. The summed E-state index contributed by atoms with van der Waals surface area (Å²) < 4.78 is 74.7. The quantitative estimate of drug-likeness (QED) is 0.163. The van der Waals surface area contributed by atoms with Gasteiger partial charge in [-0.05, 0) is 33.0 Å². The molecule has 0 unspecified atom stereocenters. The van der Waals surface area contributed by atoms with E-state index in [1.165, 1.54) is 6.07 Å². The number of aromatic nitrogens is 8. The zero-order valence-electron chi connectivity index (χ0n) is 24.8. The van der Waals surface area contributed by atoms with Gasteiger partial charge in [0.05, 0.1) is 9.79 Å². The van der Waals surface area contributed by atoms with E-state index in [4.69, 9.17) is 19.9 Å². The third-order valence-corrected chi connectivity index (χ3v) is 10.2. The van der Waals surface area contributed by atoms with Crippen molar-refractivity contribution < 1.29 is 59.8 Å². The Morgan fingerprint density at radius 1 is 0.580 bits per heavy atom. The maximum absolute atomic E-state index is 12.7. The topological polar surface area (TPSA) is 230 Å². The van der Waals surface area contributed by atoms with Crippen LogP contribution in [0.1, 0.15) is 0 Å². The van der Waals surface area contributed by atoms with Gasteiger partial charge in [0, 0.05) is 27.8 Å². The average Bonchev–Trinajstić information content (AvgIpc) is 3.79. The molecule has 9 rings (SSSR count). The van der Waals surface area contributed by atoms with Crippen molar-refractivity contribution in [2.45, 2.75) is 9.79 Å². The monoisotopic (exact) mass is 788 g/mol. The molecule has 0 fully saturated rings. The van der Waals surface area contributed by atoms with E-state index in [1.807, 2.05) is 48.5 Å². The van der Waals surface area contributed by atoms with Gasteiger partial charge in [0.15, 0.2) is 5.82 Å². The molecule has 14 nitrogen and oxygen atoms in total. The molecule has 5 heterocycles. The van der Waals surface area contributed by atoms with Gasteiger partial charge in [-0.25, -0.2) is 26.8 Å². The predicted octanol–water partition coefficient (Wildman–Crippen LogP) is 4.51. The normalized spacial score (nSPS) is 12.2. The van der Waals surface area contributed by atoms with Crippen LogP contribution in [0.15, 0.2) is 94.7 Å². The molecule has 2 radical (unpaired) electrons. The average molecular weight is 788 g/mol. The summed E-state index contributed by atoms with van der Waals surface area (Å²) in [5, 5.41) is 2.52. The number of hydrogen-bond donors (Lipinski definition) is 3. The second-order valence-electron chi connectivity index (χ2n) is 11.0. The molecule has 3 N–H and O–H groups in total. The Morgan fingerprint density at radius 2 is 1.16 bits per heavy atom. The van der Waals surface area contributed by atoms with Crippen LogP contribution in [0, 0.1) is 0 Å². The fourth-order valence-corrected chi connectivity index (χ4v) is 8.14. The third-order valence-electron chi connectivity index (χ3n) is 8.22. The molecule has 0 saturated heterocycles. The van der Waals surface area contributed by atoms with Crippen molar-refractivity contribution in [2.75, 3.05) is 0 Å². The third kappa shape index (κ3) is 5.21. The van der Waals surface area contributed by atoms with E-state index in [0.717, 1.165) is 16.8 Å². The van der Waals surface area contributed by atoms with Crippen molar-refractivity contribution in [3.8, 4) is 22.8 Å². The van der Waals surface area contributed by atoms with E-state index in [1.54, 1.807) is 24.3 Å². The summed E-state index contributed by atoms with van der Waals surface area (Å²) in [6.45, 7) is 0. The number of fused-ring (bicyclic) bond motifs is 20. The second-order valence-corrected chi connectivity index (χ2v) is 13.7. The number of hydrogen-bond acceptors (Lipinski definition) is 8. The molecule has 0 atom stereocenters. The maximum atomic E-state index is 12.7. The SMILES string of the molecule is O=S(=O)([O-])c1ccc2c3[n-]c4[n-]c([n-]c5[nH]c([nH]c6nc(nc([nH]3)c2c1S(=O)(=O)[O-])-c1ccccc1-6)c1ccccc51)c1ccccc41.[Co+2].[Fe+3]. The molecule has 18 heteroatoms. The molecular weight excluding hydrogens is 771 g/mol. The van der Waals surface area contributed by atoms with Crippen LogP contribution in [0.3, 0.4) is 0 Å². The number of nitrogens with zero attached hydrogens (tertiary/aromatic N) is 5. The summed E-state index contributed by atoms with van der Waals surface area (Å²) in [4.78, 5) is 30.9. The standard InChI is InChI=1S/C32H19N8O6S2.Co.Fe/c41-47(42,43)22-14-13-21-23(24(22)48(44,45)46)32-39-30-20-12-6-5-11-19(20)28(37-30)35-26-16-8-2-1-7-15(16)25(33-26)34-27-17-9-3-4-10-18(17)29(36-27)38-31(21)40-32;;/h1-14,33,40H,(H,35,37,39)(H,41,42,43)(H,44,45,46);;/q-3;+2;+3/p-2. The van der Waals surface area contributed by atoms with Crippen molar-refractivity contribution in [3.05, 3.63) is 84.9 Å². The first-order valence-electron chi connectivity index (χ1n) is 14.3. The Morgan fingerprint density at radius 3 is 1.80 bits per heavy atom. The first-order valence-corrected chi connectivity index (χ1v) is 17.1. The number of rotatable bonds is 2. The number of H-pyrrole nitrogens is 3. The van der Waals surface area contributed by atoms with Gasteiger partial charge < -0.3 is 39.0 Å². The van der Waals surface area contributed by atoms with Crippen molar-refractivity contribution in [2.24, 2.45) is 0 Å². The zero-order chi connectivity index (χ0) is 32.9. The largest absolute Gasteiger partial charge is 3.00 e. The van der Waals surface area contributed by atoms with E-state index in [-0.39, 0.29) is 62.0 Å². The summed E-state index contributed by atoms with van der Waals surface area (Å²) in [6.07, 6.45) is 0. The van der Waals surface area contributed by atoms with Gasteiger partial charge in [0.1, 0.15) is 26.1 Å². The van der Waals surface area contributed by atoms with Gasteiger partial charge in [0.2, 0.25) is 0 Å². The molecule has 8 bridgehead atoms. The fraction of sp³-hybridized carbons (Fsp3) is 0.